The van der Waals surface area contributed by atoms with Gasteiger partial charge in [-0.05, 0) is 18.1 Å². The van der Waals surface area contributed by atoms with Crippen molar-refractivity contribution in [2.24, 2.45) is 0 Å². The zero-order chi connectivity index (χ0) is 20.8. The minimum atomic E-state index is -1.30. The number of fused-ring (bicyclic) bond motifs is 3. The molecule has 1 spiro atoms. The number of amides is 1. The minimum absolute atomic E-state index is 0.0163. The summed E-state index contributed by atoms with van der Waals surface area (Å²) in [5, 5.41) is 11.2. The standard InChI is InChI=1S/C21H27NO7/c1-22-15(24)10-19-8-12(23)18(27-4)21(28-5)20(19,22)9-14(29-21)11-6-7-13(25-2)17(26-3)16(11)19/h6-7,12,14,18,23H,8-10H2,1-5H3/t12-,14-,18+,19+,20-,21-/m0/s1. The molecule has 2 saturated heterocycles. The molecule has 2 heterocycles. The first-order chi connectivity index (χ1) is 13.9. The third-order valence-electron chi connectivity index (χ3n) is 7.81. The molecular weight excluding hydrogens is 378 g/mol. The monoisotopic (exact) mass is 405 g/mol. The zero-order valence-corrected chi connectivity index (χ0v) is 17.4. The zero-order valence-electron chi connectivity index (χ0n) is 17.4. The number of aliphatic hydroxyl groups is 1. The van der Waals surface area contributed by atoms with E-state index >= 15 is 0 Å². The van der Waals surface area contributed by atoms with Crippen molar-refractivity contribution in [3.05, 3.63) is 23.3 Å². The van der Waals surface area contributed by atoms with Crippen molar-refractivity contribution < 1.29 is 33.6 Å². The first-order valence-electron chi connectivity index (χ1n) is 9.83. The summed E-state index contributed by atoms with van der Waals surface area (Å²) in [6.07, 6.45) is -0.810. The Hall–Kier alpha value is -1.87. The highest BCUT2D eigenvalue weighted by molar-refractivity contribution is 5.85. The molecule has 1 aromatic rings. The first kappa shape index (κ1) is 19.1. The van der Waals surface area contributed by atoms with Gasteiger partial charge in [0, 0.05) is 45.1 Å². The average Bonchev–Trinajstić information content (AvgIpc) is 3.17. The number of methoxy groups -OCH3 is 4. The first-order valence-corrected chi connectivity index (χ1v) is 9.83. The number of hydrogen-bond donors (Lipinski definition) is 1. The summed E-state index contributed by atoms with van der Waals surface area (Å²) in [4.78, 5) is 15.0. The van der Waals surface area contributed by atoms with Crippen LogP contribution in [0.3, 0.4) is 0 Å². The van der Waals surface area contributed by atoms with E-state index in [4.69, 9.17) is 23.7 Å². The fourth-order valence-corrected chi connectivity index (χ4v) is 6.90. The van der Waals surface area contributed by atoms with Crippen LogP contribution in [-0.2, 0) is 24.4 Å². The number of likely N-dealkylation sites (N-methyl/N-ethyl adjacent to an activating group) is 1. The predicted octanol–water partition coefficient (Wildman–Crippen LogP) is 1.14. The van der Waals surface area contributed by atoms with Crippen LogP contribution in [0, 0.1) is 0 Å². The van der Waals surface area contributed by atoms with Crippen LogP contribution < -0.4 is 9.47 Å². The number of ether oxygens (including phenoxy) is 5. The van der Waals surface area contributed by atoms with Gasteiger partial charge in [0.05, 0.1) is 26.4 Å². The molecule has 5 rings (SSSR count). The van der Waals surface area contributed by atoms with E-state index in [1.165, 1.54) is 7.11 Å². The number of likely N-dealkylation sites (tertiary alicyclic amines) is 1. The lowest BCUT2D eigenvalue weighted by Gasteiger charge is -2.60. The summed E-state index contributed by atoms with van der Waals surface area (Å²) in [6, 6.07) is 3.83. The second-order valence-corrected chi connectivity index (χ2v) is 8.45. The number of carbonyl (C=O) groups excluding carboxylic acids is 1. The summed E-state index contributed by atoms with van der Waals surface area (Å²) in [5.41, 5.74) is 0.235. The number of carbonyl (C=O) groups is 1. The van der Waals surface area contributed by atoms with Gasteiger partial charge < -0.3 is 33.7 Å². The maximum atomic E-state index is 13.2. The van der Waals surface area contributed by atoms with Gasteiger partial charge in [0.15, 0.2) is 11.5 Å². The van der Waals surface area contributed by atoms with E-state index in [-0.39, 0.29) is 18.4 Å². The topological polar surface area (TPSA) is 86.7 Å². The van der Waals surface area contributed by atoms with Crippen LogP contribution in [0.15, 0.2) is 12.1 Å². The fourth-order valence-electron chi connectivity index (χ4n) is 6.90. The van der Waals surface area contributed by atoms with Crippen molar-refractivity contribution in [2.45, 2.75) is 54.3 Å². The lowest BCUT2D eigenvalue weighted by molar-refractivity contribution is -0.338. The van der Waals surface area contributed by atoms with E-state index < -0.39 is 28.9 Å². The van der Waals surface area contributed by atoms with Crippen LogP contribution in [-0.4, -0.2) is 74.9 Å². The highest BCUT2D eigenvalue weighted by Gasteiger charge is 2.84. The van der Waals surface area contributed by atoms with Crippen molar-refractivity contribution in [1.29, 1.82) is 0 Å². The number of aliphatic hydroxyl groups excluding tert-OH is 1. The van der Waals surface area contributed by atoms with Crippen LogP contribution in [0.4, 0.5) is 0 Å². The smallest absolute Gasteiger partial charge is 0.223 e. The van der Waals surface area contributed by atoms with Crippen molar-refractivity contribution in [1.82, 2.24) is 4.90 Å². The second-order valence-electron chi connectivity index (χ2n) is 8.45. The van der Waals surface area contributed by atoms with Gasteiger partial charge >= 0.3 is 0 Å². The Bertz CT molecular complexity index is 890. The number of rotatable bonds is 4. The van der Waals surface area contributed by atoms with Crippen LogP contribution in [0.1, 0.15) is 36.5 Å². The Morgan fingerprint density at radius 2 is 1.93 bits per heavy atom. The van der Waals surface area contributed by atoms with E-state index in [1.54, 1.807) is 33.3 Å². The summed E-state index contributed by atoms with van der Waals surface area (Å²) in [5.74, 6) is -0.147. The number of benzene rings is 1. The van der Waals surface area contributed by atoms with Crippen LogP contribution in [0.2, 0.25) is 0 Å². The molecule has 1 N–H and O–H groups in total. The summed E-state index contributed by atoms with van der Waals surface area (Å²) < 4.78 is 29.8. The van der Waals surface area contributed by atoms with Gasteiger partial charge in [0.25, 0.3) is 0 Å². The maximum Gasteiger partial charge on any atom is 0.223 e. The molecule has 8 nitrogen and oxygen atoms in total. The third kappa shape index (κ3) is 1.79. The lowest BCUT2D eigenvalue weighted by atomic mass is 9.50. The second kappa shape index (κ2) is 5.85. The largest absolute Gasteiger partial charge is 0.493 e. The molecule has 0 unspecified atom stereocenters. The van der Waals surface area contributed by atoms with E-state index in [0.717, 1.165) is 11.1 Å². The van der Waals surface area contributed by atoms with Crippen molar-refractivity contribution in [3.8, 4) is 11.5 Å². The van der Waals surface area contributed by atoms with Gasteiger partial charge in [0.1, 0.15) is 11.6 Å². The highest BCUT2D eigenvalue weighted by atomic mass is 16.7. The molecule has 3 fully saturated rings. The van der Waals surface area contributed by atoms with Crippen molar-refractivity contribution in [2.75, 3.05) is 35.5 Å². The molecule has 4 aliphatic rings. The Kier molecular flexibility index (Phi) is 3.85. The van der Waals surface area contributed by atoms with Crippen LogP contribution in [0.25, 0.3) is 0 Å². The maximum absolute atomic E-state index is 13.2. The Morgan fingerprint density at radius 3 is 2.55 bits per heavy atom. The van der Waals surface area contributed by atoms with Gasteiger partial charge in [0.2, 0.25) is 11.7 Å². The summed E-state index contributed by atoms with van der Waals surface area (Å²) in [7, 11) is 8.08. The van der Waals surface area contributed by atoms with Crippen molar-refractivity contribution in [3.63, 3.8) is 0 Å². The Balaban J connectivity index is 1.91. The van der Waals surface area contributed by atoms with Crippen LogP contribution in [0.5, 0.6) is 11.5 Å². The van der Waals surface area contributed by atoms with E-state index in [2.05, 4.69) is 0 Å². The summed E-state index contributed by atoms with van der Waals surface area (Å²) >= 11 is 0. The molecule has 0 radical (unpaired) electrons. The van der Waals surface area contributed by atoms with Gasteiger partial charge in [-0.25, -0.2) is 0 Å². The third-order valence-corrected chi connectivity index (χ3v) is 7.81. The highest BCUT2D eigenvalue weighted by Crippen LogP contribution is 2.73. The lowest BCUT2D eigenvalue weighted by Crippen LogP contribution is -2.77. The van der Waals surface area contributed by atoms with E-state index in [0.29, 0.717) is 24.3 Å². The molecular formula is C21H27NO7. The van der Waals surface area contributed by atoms with Crippen LogP contribution >= 0.6 is 0 Å². The molecule has 2 bridgehead atoms. The fraction of sp³-hybridized carbons (Fsp3) is 0.667. The summed E-state index contributed by atoms with van der Waals surface area (Å²) in [6.45, 7) is 0. The SMILES string of the molecule is COc1ccc2c(c1OC)[C@@]13CC(=O)N(C)[C@@]14C[C@@H]2O[C@@]4(OC)[C@H](OC)[C@@H](O)C3. The average molecular weight is 405 g/mol. The molecule has 1 aromatic carbocycles. The van der Waals surface area contributed by atoms with E-state index in [9.17, 15) is 9.90 Å². The Labute approximate surface area is 169 Å². The molecule has 6 atom stereocenters. The molecule has 158 valence electrons. The molecule has 2 aliphatic carbocycles. The molecule has 0 aromatic heterocycles. The molecule has 1 saturated carbocycles. The molecule has 29 heavy (non-hydrogen) atoms. The number of nitrogens with zero attached hydrogens (tertiary/aromatic N) is 1. The quantitative estimate of drug-likeness (QED) is 0.804. The molecule has 2 aliphatic heterocycles. The van der Waals surface area contributed by atoms with Gasteiger partial charge in [-0.3, -0.25) is 4.79 Å². The minimum Gasteiger partial charge on any atom is -0.493 e. The van der Waals surface area contributed by atoms with Gasteiger partial charge in [-0.15, -0.1) is 0 Å². The normalized spacial score (nSPS) is 41.9. The van der Waals surface area contributed by atoms with E-state index in [1.807, 2.05) is 12.1 Å². The molecule has 8 heteroatoms. The van der Waals surface area contributed by atoms with Gasteiger partial charge in [-0.1, -0.05) is 6.07 Å². The number of hydrogen-bond acceptors (Lipinski definition) is 7. The Morgan fingerprint density at radius 1 is 1.17 bits per heavy atom. The van der Waals surface area contributed by atoms with Crippen molar-refractivity contribution >= 4 is 5.91 Å². The predicted molar refractivity (Wildman–Crippen MR) is 101 cm³/mol. The van der Waals surface area contributed by atoms with Gasteiger partial charge in [-0.2, -0.15) is 0 Å². The molecule has 1 amide bonds.